The van der Waals surface area contributed by atoms with E-state index in [1.165, 1.54) is 0 Å². The molecule has 0 aliphatic carbocycles. The van der Waals surface area contributed by atoms with Crippen molar-refractivity contribution in [1.82, 2.24) is 9.78 Å². The van der Waals surface area contributed by atoms with Gasteiger partial charge >= 0.3 is 0 Å². The van der Waals surface area contributed by atoms with E-state index in [9.17, 15) is 0 Å². The first-order chi connectivity index (χ1) is 8.69. The Hall–Kier alpha value is -1.19. The van der Waals surface area contributed by atoms with Crippen molar-refractivity contribution in [3.8, 4) is 5.75 Å². The monoisotopic (exact) mass is 284 g/mol. The van der Waals surface area contributed by atoms with Crippen molar-refractivity contribution in [2.75, 3.05) is 0 Å². The van der Waals surface area contributed by atoms with E-state index in [1.54, 1.807) is 18.3 Å². The van der Waals surface area contributed by atoms with E-state index in [-0.39, 0.29) is 0 Å². The van der Waals surface area contributed by atoms with Crippen LogP contribution in [-0.4, -0.2) is 9.78 Å². The molecule has 0 bridgehead atoms. The Morgan fingerprint density at radius 1 is 1.28 bits per heavy atom. The van der Waals surface area contributed by atoms with Gasteiger partial charge in [-0.1, -0.05) is 36.2 Å². The summed E-state index contributed by atoms with van der Waals surface area (Å²) in [5, 5.41) is 5.29. The average Bonchev–Trinajstić information content (AvgIpc) is 2.79. The Morgan fingerprint density at radius 3 is 2.83 bits per heavy atom. The van der Waals surface area contributed by atoms with Gasteiger partial charge in [-0.3, -0.25) is 4.68 Å². The Labute approximate surface area is 116 Å². The predicted molar refractivity (Wildman–Crippen MR) is 73.3 cm³/mol. The maximum atomic E-state index is 5.94. The number of halogens is 2. The first-order valence-corrected chi connectivity index (χ1v) is 6.54. The smallest absolute Gasteiger partial charge is 0.157 e. The normalized spacial score (nSPS) is 10.6. The zero-order chi connectivity index (χ0) is 13.0. The van der Waals surface area contributed by atoms with Gasteiger partial charge in [0, 0.05) is 6.54 Å². The minimum Gasteiger partial charge on any atom is -0.486 e. The second-order valence-corrected chi connectivity index (χ2v) is 4.79. The third-order valence-corrected chi connectivity index (χ3v) is 3.19. The molecular weight excluding hydrogens is 271 g/mol. The third kappa shape index (κ3) is 3.40. The maximum absolute atomic E-state index is 5.94. The minimum absolute atomic E-state index is 0.453. The first-order valence-electron chi connectivity index (χ1n) is 5.78. The molecule has 0 aliphatic heterocycles. The molecule has 1 aromatic heterocycles. The molecule has 0 spiro atoms. The van der Waals surface area contributed by atoms with E-state index in [0.717, 1.165) is 24.3 Å². The molecule has 0 atom stereocenters. The van der Waals surface area contributed by atoms with Crippen LogP contribution in [-0.2, 0) is 13.2 Å². The van der Waals surface area contributed by atoms with Gasteiger partial charge in [0.15, 0.2) is 5.75 Å². The molecule has 96 valence electrons. The number of aryl methyl sites for hydroxylation is 1. The Kier molecular flexibility index (Phi) is 4.50. The summed E-state index contributed by atoms with van der Waals surface area (Å²) in [5.74, 6) is 0.759. The van der Waals surface area contributed by atoms with Crippen LogP contribution < -0.4 is 4.74 Å². The van der Waals surface area contributed by atoms with Crippen LogP contribution in [0.3, 0.4) is 0 Å². The molecule has 0 saturated heterocycles. The minimum atomic E-state index is 0.453. The Bertz CT molecular complexity index is 525. The molecule has 0 aliphatic rings. The molecule has 1 heterocycles. The summed E-state index contributed by atoms with van der Waals surface area (Å²) in [6, 6.07) is 5.47. The van der Waals surface area contributed by atoms with Gasteiger partial charge in [-0.2, -0.15) is 5.10 Å². The summed E-state index contributed by atoms with van der Waals surface area (Å²) in [4.78, 5) is 0. The molecule has 5 heteroatoms. The fraction of sp³-hybridized carbons (Fsp3) is 0.308. The zero-order valence-corrected chi connectivity index (χ0v) is 11.6. The average molecular weight is 285 g/mol. The number of hydrogen-bond donors (Lipinski definition) is 0. The largest absolute Gasteiger partial charge is 0.486 e. The summed E-state index contributed by atoms with van der Waals surface area (Å²) in [7, 11) is 0. The van der Waals surface area contributed by atoms with Gasteiger partial charge in [-0.05, 0) is 24.1 Å². The molecule has 0 N–H and O–H groups in total. The lowest BCUT2D eigenvalue weighted by Crippen LogP contribution is -1.96. The van der Waals surface area contributed by atoms with Crippen molar-refractivity contribution in [3.63, 3.8) is 0 Å². The molecule has 0 unspecified atom stereocenters. The quantitative estimate of drug-likeness (QED) is 0.824. The predicted octanol–water partition coefficient (Wildman–Crippen LogP) is 4.18. The summed E-state index contributed by atoms with van der Waals surface area (Å²) >= 11 is 11.8. The molecule has 2 aromatic rings. The van der Waals surface area contributed by atoms with Gasteiger partial charge in [-0.15, -0.1) is 0 Å². The molecule has 1 aromatic carbocycles. The first kappa shape index (κ1) is 13.2. The van der Waals surface area contributed by atoms with E-state index < -0.39 is 0 Å². The lowest BCUT2D eigenvalue weighted by molar-refractivity contribution is 0.305. The number of aromatic nitrogens is 2. The topological polar surface area (TPSA) is 27.1 Å². The van der Waals surface area contributed by atoms with Crippen LogP contribution in [0.15, 0.2) is 30.6 Å². The second kappa shape index (κ2) is 6.12. The fourth-order valence-corrected chi connectivity index (χ4v) is 1.89. The van der Waals surface area contributed by atoms with Gasteiger partial charge in [0.25, 0.3) is 0 Å². The number of ether oxygens (including phenoxy) is 1. The molecule has 2 rings (SSSR count). The van der Waals surface area contributed by atoms with Gasteiger partial charge in [-0.25, -0.2) is 0 Å². The van der Waals surface area contributed by atoms with E-state index in [2.05, 4.69) is 12.0 Å². The van der Waals surface area contributed by atoms with Crippen molar-refractivity contribution in [3.05, 3.63) is 46.2 Å². The van der Waals surface area contributed by atoms with E-state index in [1.807, 2.05) is 16.9 Å². The van der Waals surface area contributed by atoms with Crippen LogP contribution in [0, 0.1) is 0 Å². The summed E-state index contributed by atoms with van der Waals surface area (Å²) < 4.78 is 7.49. The standard InChI is InChI=1S/C13H14Cl2N2O/c1-2-5-17-8-11(7-16-17)18-9-10-3-4-12(14)13(15)6-10/h3-4,6-8H,2,5,9H2,1H3. The van der Waals surface area contributed by atoms with Crippen LogP contribution in [0.5, 0.6) is 5.75 Å². The lowest BCUT2D eigenvalue weighted by Gasteiger charge is -2.04. The number of nitrogens with zero attached hydrogens (tertiary/aromatic N) is 2. The van der Waals surface area contributed by atoms with Gasteiger partial charge in [0.1, 0.15) is 6.61 Å². The number of hydrogen-bond acceptors (Lipinski definition) is 2. The highest BCUT2D eigenvalue weighted by Crippen LogP contribution is 2.23. The van der Waals surface area contributed by atoms with Crippen LogP contribution >= 0.6 is 23.2 Å². The molecular formula is C13H14Cl2N2O. The molecule has 0 amide bonds. The molecule has 0 fully saturated rings. The Balaban J connectivity index is 1.95. The highest BCUT2D eigenvalue weighted by molar-refractivity contribution is 6.42. The van der Waals surface area contributed by atoms with Crippen molar-refractivity contribution in [1.29, 1.82) is 0 Å². The summed E-state index contributed by atoms with van der Waals surface area (Å²) in [6.45, 7) is 3.46. The lowest BCUT2D eigenvalue weighted by atomic mass is 10.2. The molecule has 0 saturated carbocycles. The summed E-state index contributed by atoms with van der Waals surface area (Å²) in [5.41, 5.74) is 0.979. The molecule has 3 nitrogen and oxygen atoms in total. The van der Waals surface area contributed by atoms with Crippen molar-refractivity contribution >= 4 is 23.2 Å². The van der Waals surface area contributed by atoms with Crippen LogP contribution in [0.4, 0.5) is 0 Å². The van der Waals surface area contributed by atoms with E-state index in [4.69, 9.17) is 27.9 Å². The maximum Gasteiger partial charge on any atom is 0.157 e. The van der Waals surface area contributed by atoms with Crippen LogP contribution in [0.2, 0.25) is 10.0 Å². The fourth-order valence-electron chi connectivity index (χ4n) is 1.57. The summed E-state index contributed by atoms with van der Waals surface area (Å²) in [6.07, 6.45) is 4.65. The van der Waals surface area contributed by atoms with E-state index >= 15 is 0 Å². The highest BCUT2D eigenvalue weighted by atomic mass is 35.5. The number of rotatable bonds is 5. The van der Waals surface area contributed by atoms with E-state index in [0.29, 0.717) is 16.7 Å². The number of benzene rings is 1. The second-order valence-electron chi connectivity index (χ2n) is 3.98. The van der Waals surface area contributed by atoms with Crippen LogP contribution in [0.25, 0.3) is 0 Å². The van der Waals surface area contributed by atoms with Gasteiger partial charge in [0.2, 0.25) is 0 Å². The van der Waals surface area contributed by atoms with Crippen molar-refractivity contribution < 1.29 is 4.74 Å². The van der Waals surface area contributed by atoms with Crippen molar-refractivity contribution in [2.24, 2.45) is 0 Å². The SMILES string of the molecule is CCCn1cc(OCc2ccc(Cl)c(Cl)c2)cn1. The van der Waals surface area contributed by atoms with Gasteiger partial charge in [0.05, 0.1) is 22.4 Å². The highest BCUT2D eigenvalue weighted by Gasteiger charge is 2.02. The molecule has 0 radical (unpaired) electrons. The van der Waals surface area contributed by atoms with Crippen LogP contribution in [0.1, 0.15) is 18.9 Å². The van der Waals surface area contributed by atoms with Crippen molar-refractivity contribution in [2.45, 2.75) is 26.5 Å². The Morgan fingerprint density at radius 2 is 2.11 bits per heavy atom. The third-order valence-electron chi connectivity index (χ3n) is 2.45. The zero-order valence-electron chi connectivity index (χ0n) is 10.1. The molecule has 18 heavy (non-hydrogen) atoms. The van der Waals surface area contributed by atoms with Gasteiger partial charge < -0.3 is 4.74 Å².